The van der Waals surface area contributed by atoms with Gasteiger partial charge in [0.1, 0.15) is 5.75 Å². The molecule has 25 heavy (non-hydrogen) atoms. The molecule has 1 aromatic heterocycles. The predicted molar refractivity (Wildman–Crippen MR) is 98.7 cm³/mol. The van der Waals surface area contributed by atoms with E-state index in [0.717, 1.165) is 5.69 Å². The smallest absolute Gasteiger partial charge is 0.321 e. The number of hydrogen-bond donors (Lipinski definition) is 3. The maximum absolute atomic E-state index is 11.9. The number of amides is 3. The van der Waals surface area contributed by atoms with Crippen LogP contribution in [0.5, 0.6) is 5.75 Å². The molecule has 0 fully saturated rings. The second-order valence-corrected chi connectivity index (χ2v) is 7.37. The summed E-state index contributed by atoms with van der Waals surface area (Å²) < 4.78 is 5.90. The highest BCUT2D eigenvalue weighted by atomic mass is 32.2. The van der Waals surface area contributed by atoms with Crippen LogP contribution < -0.4 is 20.7 Å². The van der Waals surface area contributed by atoms with Crippen molar-refractivity contribution in [3.05, 3.63) is 24.3 Å². The van der Waals surface area contributed by atoms with Gasteiger partial charge in [-0.15, -0.1) is 10.2 Å². The lowest BCUT2D eigenvalue weighted by Gasteiger charge is -2.09. The summed E-state index contributed by atoms with van der Waals surface area (Å²) in [6, 6.07) is 6.97. The lowest BCUT2D eigenvalue weighted by Crippen LogP contribution is -2.42. The summed E-state index contributed by atoms with van der Waals surface area (Å²) in [5, 5.41) is 16.1. The largest absolute Gasteiger partial charge is 0.495 e. The van der Waals surface area contributed by atoms with Crippen LogP contribution in [0.1, 0.15) is 13.8 Å². The molecule has 0 saturated heterocycles. The minimum absolute atomic E-state index is 0.384. The standard InChI is InChI=1S/C15H19N5O3S2/c1-4-16-13(22)18-12(21)9(2)24-15-20-19-14(25-15)17-10-7-5-6-8-11(10)23-3/h5-9H,4H2,1-3H3,(H,17,19)(H2,16,18,21,22). The summed E-state index contributed by atoms with van der Waals surface area (Å²) in [4.78, 5) is 23.3. The molecule has 1 heterocycles. The lowest BCUT2D eigenvalue weighted by atomic mass is 10.3. The fourth-order valence-corrected chi connectivity index (χ4v) is 3.70. The Morgan fingerprint density at radius 1 is 1.32 bits per heavy atom. The predicted octanol–water partition coefficient (Wildman–Crippen LogP) is 2.62. The van der Waals surface area contributed by atoms with Gasteiger partial charge in [-0.05, 0) is 26.0 Å². The van der Waals surface area contributed by atoms with Crippen LogP contribution in [0.4, 0.5) is 15.6 Å². The number of anilines is 2. The van der Waals surface area contributed by atoms with E-state index in [1.54, 1.807) is 21.0 Å². The molecule has 0 aliphatic carbocycles. The number of benzene rings is 1. The first-order chi connectivity index (χ1) is 12.0. The highest BCUT2D eigenvalue weighted by molar-refractivity contribution is 8.02. The molecule has 1 aromatic carbocycles. The van der Waals surface area contributed by atoms with Crippen LogP contribution in [0.3, 0.4) is 0 Å². The van der Waals surface area contributed by atoms with Crippen molar-refractivity contribution < 1.29 is 14.3 Å². The van der Waals surface area contributed by atoms with E-state index in [-0.39, 0.29) is 5.91 Å². The highest BCUT2D eigenvalue weighted by Crippen LogP contribution is 2.32. The van der Waals surface area contributed by atoms with Crippen LogP contribution in [-0.4, -0.2) is 41.0 Å². The molecule has 0 saturated carbocycles. The van der Waals surface area contributed by atoms with Gasteiger partial charge < -0.3 is 15.4 Å². The summed E-state index contributed by atoms with van der Waals surface area (Å²) in [5.74, 6) is 0.312. The number of carbonyl (C=O) groups is 2. The summed E-state index contributed by atoms with van der Waals surface area (Å²) in [5.41, 5.74) is 0.778. The van der Waals surface area contributed by atoms with Crippen LogP contribution in [0, 0.1) is 0 Å². The Morgan fingerprint density at radius 3 is 2.80 bits per heavy atom. The van der Waals surface area contributed by atoms with Gasteiger partial charge in [0.15, 0.2) is 4.34 Å². The van der Waals surface area contributed by atoms with Crippen LogP contribution in [0.15, 0.2) is 28.6 Å². The summed E-state index contributed by atoms with van der Waals surface area (Å²) in [6.45, 7) is 3.93. The number of nitrogens with one attached hydrogen (secondary N) is 3. The molecule has 0 bridgehead atoms. The Hall–Kier alpha value is -2.33. The van der Waals surface area contributed by atoms with Gasteiger partial charge in [-0.3, -0.25) is 10.1 Å². The number of carbonyl (C=O) groups excluding carboxylic acids is 2. The minimum atomic E-state index is -0.504. The first-order valence-corrected chi connectivity index (χ1v) is 9.22. The molecule has 0 aliphatic heterocycles. The van der Waals surface area contributed by atoms with E-state index in [9.17, 15) is 9.59 Å². The molecule has 3 N–H and O–H groups in total. The summed E-state index contributed by atoms with van der Waals surface area (Å²) in [6.07, 6.45) is 0. The third kappa shape index (κ3) is 5.61. The van der Waals surface area contributed by atoms with Crippen LogP contribution in [0.2, 0.25) is 0 Å². The van der Waals surface area contributed by atoms with Crippen molar-refractivity contribution in [1.29, 1.82) is 0 Å². The molecule has 134 valence electrons. The average molecular weight is 381 g/mol. The van der Waals surface area contributed by atoms with Crippen molar-refractivity contribution >= 4 is 45.9 Å². The van der Waals surface area contributed by atoms with Crippen molar-refractivity contribution in [3.8, 4) is 5.75 Å². The third-order valence-electron chi connectivity index (χ3n) is 2.98. The lowest BCUT2D eigenvalue weighted by molar-refractivity contribution is -0.119. The molecule has 10 heteroatoms. The first-order valence-electron chi connectivity index (χ1n) is 7.52. The maximum atomic E-state index is 11.9. The summed E-state index contributed by atoms with van der Waals surface area (Å²) in [7, 11) is 1.59. The Bertz CT molecular complexity index is 737. The van der Waals surface area contributed by atoms with Gasteiger partial charge in [0.2, 0.25) is 11.0 Å². The van der Waals surface area contributed by atoms with E-state index in [1.807, 2.05) is 24.3 Å². The van der Waals surface area contributed by atoms with Crippen LogP contribution >= 0.6 is 23.1 Å². The van der Waals surface area contributed by atoms with E-state index in [4.69, 9.17) is 4.74 Å². The zero-order valence-corrected chi connectivity index (χ0v) is 15.7. The van der Waals surface area contributed by atoms with Gasteiger partial charge >= 0.3 is 6.03 Å². The van der Waals surface area contributed by atoms with Gasteiger partial charge in [-0.1, -0.05) is 35.2 Å². The van der Waals surface area contributed by atoms with Crippen molar-refractivity contribution in [2.75, 3.05) is 19.0 Å². The second kappa shape index (κ2) is 9.23. The molecule has 8 nitrogen and oxygen atoms in total. The van der Waals surface area contributed by atoms with Gasteiger partial charge in [0.25, 0.3) is 0 Å². The van der Waals surface area contributed by atoms with Crippen molar-refractivity contribution in [3.63, 3.8) is 0 Å². The number of para-hydroxylation sites is 2. The minimum Gasteiger partial charge on any atom is -0.495 e. The first kappa shape index (κ1) is 19.0. The number of hydrogen-bond acceptors (Lipinski definition) is 8. The topological polar surface area (TPSA) is 105 Å². The highest BCUT2D eigenvalue weighted by Gasteiger charge is 2.19. The number of imide groups is 1. The van der Waals surface area contributed by atoms with E-state index in [1.165, 1.54) is 23.1 Å². The third-order valence-corrected chi connectivity index (χ3v) is 5.00. The molecule has 0 radical (unpaired) electrons. The van der Waals surface area contributed by atoms with E-state index in [0.29, 0.717) is 21.8 Å². The Kier molecular flexibility index (Phi) is 7.02. The Labute approximate surface area is 153 Å². The summed E-state index contributed by atoms with van der Waals surface area (Å²) >= 11 is 2.55. The number of thioether (sulfide) groups is 1. The molecule has 1 atom stereocenters. The number of nitrogens with zero attached hydrogens (tertiary/aromatic N) is 2. The van der Waals surface area contributed by atoms with Crippen molar-refractivity contribution in [1.82, 2.24) is 20.8 Å². The number of methoxy groups -OCH3 is 1. The van der Waals surface area contributed by atoms with Crippen LogP contribution in [-0.2, 0) is 4.79 Å². The van der Waals surface area contributed by atoms with Crippen molar-refractivity contribution in [2.45, 2.75) is 23.4 Å². The molecule has 2 rings (SSSR count). The second-order valence-electron chi connectivity index (χ2n) is 4.81. The van der Waals surface area contributed by atoms with E-state index < -0.39 is 11.3 Å². The van der Waals surface area contributed by atoms with Gasteiger partial charge in [0, 0.05) is 6.54 Å². The Morgan fingerprint density at radius 2 is 2.08 bits per heavy atom. The molecule has 0 aliphatic rings. The number of urea groups is 1. The normalized spacial score (nSPS) is 11.5. The number of aromatic nitrogens is 2. The fraction of sp³-hybridized carbons (Fsp3) is 0.333. The molecule has 1 unspecified atom stereocenters. The van der Waals surface area contributed by atoms with Gasteiger partial charge in [0.05, 0.1) is 18.0 Å². The van der Waals surface area contributed by atoms with Crippen molar-refractivity contribution in [2.24, 2.45) is 0 Å². The molecule has 2 aromatic rings. The van der Waals surface area contributed by atoms with Crippen LogP contribution in [0.25, 0.3) is 0 Å². The SMILES string of the molecule is CCNC(=O)NC(=O)C(C)Sc1nnc(Nc2ccccc2OC)s1. The molecule has 3 amide bonds. The van der Waals surface area contributed by atoms with Gasteiger partial charge in [-0.2, -0.15) is 0 Å². The monoisotopic (exact) mass is 381 g/mol. The molecular weight excluding hydrogens is 362 g/mol. The Balaban J connectivity index is 1.94. The van der Waals surface area contributed by atoms with Gasteiger partial charge in [-0.25, -0.2) is 4.79 Å². The molecule has 0 spiro atoms. The fourth-order valence-electron chi connectivity index (χ4n) is 1.79. The van der Waals surface area contributed by atoms with E-state index >= 15 is 0 Å². The molecular formula is C15H19N5O3S2. The average Bonchev–Trinajstić information content (AvgIpc) is 3.02. The number of rotatable bonds is 7. The zero-order valence-electron chi connectivity index (χ0n) is 14.0. The van der Waals surface area contributed by atoms with E-state index in [2.05, 4.69) is 26.1 Å². The maximum Gasteiger partial charge on any atom is 0.321 e. The zero-order chi connectivity index (χ0) is 18.2. The quantitative estimate of drug-likeness (QED) is 0.633. The number of ether oxygens (including phenoxy) is 1.